The Morgan fingerprint density at radius 3 is 3.08 bits per heavy atom. The van der Waals surface area contributed by atoms with Crippen molar-refractivity contribution in [1.82, 2.24) is 10.3 Å². The molecule has 1 aliphatic rings. The second kappa shape index (κ2) is 7.19. The Balaban J connectivity index is 2.06. The van der Waals surface area contributed by atoms with Crippen LogP contribution in [0.1, 0.15) is 17.8 Å². The number of amides is 1. The van der Waals surface area contributed by atoms with Gasteiger partial charge in [-0.3, -0.25) is 10.1 Å². The van der Waals surface area contributed by atoms with Gasteiger partial charge in [-0.15, -0.1) is 11.3 Å². The highest BCUT2D eigenvalue weighted by Gasteiger charge is 2.32. The summed E-state index contributed by atoms with van der Waals surface area (Å²) in [7, 11) is 1.57. The summed E-state index contributed by atoms with van der Waals surface area (Å²) in [5.41, 5.74) is 1.04. The molecule has 0 saturated carbocycles. The fraction of sp³-hybridized carbons (Fsp3) is 0.467. The van der Waals surface area contributed by atoms with Crippen LogP contribution in [0.3, 0.4) is 0 Å². The highest BCUT2D eigenvalue weighted by Crippen LogP contribution is 2.41. The number of methoxy groups -OCH3 is 1. The van der Waals surface area contributed by atoms with E-state index >= 15 is 0 Å². The minimum Gasteiger partial charge on any atom is -0.465 e. The zero-order valence-electron chi connectivity index (χ0n) is 13.6. The number of benzene rings is 1. The summed E-state index contributed by atoms with van der Waals surface area (Å²) in [6.07, 6.45) is 0.507. The number of thiazole rings is 1. The molecule has 9 nitrogen and oxygen atoms in total. The minimum absolute atomic E-state index is 0.0102. The fourth-order valence-electron chi connectivity index (χ4n) is 3.18. The lowest BCUT2D eigenvalue weighted by molar-refractivity contribution is -0.384. The first-order chi connectivity index (χ1) is 12.0. The van der Waals surface area contributed by atoms with Gasteiger partial charge >= 0.3 is 6.09 Å². The molecule has 25 heavy (non-hydrogen) atoms. The summed E-state index contributed by atoms with van der Waals surface area (Å²) in [5, 5.41) is 23.5. The van der Waals surface area contributed by atoms with E-state index in [4.69, 9.17) is 9.84 Å². The minimum atomic E-state index is -1.10. The van der Waals surface area contributed by atoms with Gasteiger partial charge < -0.3 is 20.1 Å². The summed E-state index contributed by atoms with van der Waals surface area (Å²) in [4.78, 5) is 28.4. The predicted molar refractivity (Wildman–Crippen MR) is 93.4 cm³/mol. The van der Waals surface area contributed by atoms with Crippen molar-refractivity contribution < 1.29 is 19.6 Å². The second-order valence-corrected chi connectivity index (χ2v) is 6.87. The topological polar surface area (TPSA) is 118 Å². The van der Waals surface area contributed by atoms with Gasteiger partial charge in [-0.25, -0.2) is 9.78 Å². The van der Waals surface area contributed by atoms with Gasteiger partial charge in [0.1, 0.15) is 16.2 Å². The van der Waals surface area contributed by atoms with Crippen molar-refractivity contribution in [3.63, 3.8) is 0 Å². The molecule has 2 aromatic rings. The quantitative estimate of drug-likeness (QED) is 0.596. The number of ether oxygens (including phenoxy) is 1. The van der Waals surface area contributed by atoms with Crippen LogP contribution in [0.5, 0.6) is 0 Å². The number of nitrogens with one attached hydrogen (secondary N) is 1. The van der Waals surface area contributed by atoms with Crippen LogP contribution in [-0.4, -0.2) is 47.3 Å². The van der Waals surface area contributed by atoms with Crippen LogP contribution in [-0.2, 0) is 11.3 Å². The van der Waals surface area contributed by atoms with Crippen molar-refractivity contribution >= 4 is 39.0 Å². The number of carboxylic acid groups (broad SMARTS) is 1. The first-order valence-electron chi connectivity index (χ1n) is 7.80. The van der Waals surface area contributed by atoms with E-state index < -0.39 is 11.0 Å². The van der Waals surface area contributed by atoms with Crippen molar-refractivity contribution in [2.45, 2.75) is 25.5 Å². The van der Waals surface area contributed by atoms with Gasteiger partial charge in [0.2, 0.25) is 0 Å². The van der Waals surface area contributed by atoms with Crippen molar-refractivity contribution in [2.24, 2.45) is 0 Å². The fourth-order valence-corrected chi connectivity index (χ4v) is 4.12. The van der Waals surface area contributed by atoms with E-state index in [9.17, 15) is 14.9 Å². The maximum Gasteiger partial charge on any atom is 0.404 e. The van der Waals surface area contributed by atoms with Crippen LogP contribution < -0.4 is 10.2 Å². The maximum atomic E-state index is 11.5. The molecule has 1 aromatic heterocycles. The van der Waals surface area contributed by atoms with Crippen LogP contribution in [0.2, 0.25) is 0 Å². The zero-order valence-corrected chi connectivity index (χ0v) is 14.4. The normalized spacial score (nSPS) is 17.2. The Kier molecular flexibility index (Phi) is 5.00. The van der Waals surface area contributed by atoms with Crippen LogP contribution >= 0.6 is 11.3 Å². The highest BCUT2D eigenvalue weighted by molar-refractivity contribution is 7.18. The molecular weight excluding hydrogens is 348 g/mol. The Hall–Kier alpha value is -2.46. The number of carbonyl (C=O) groups is 1. The van der Waals surface area contributed by atoms with Gasteiger partial charge in [0.05, 0.1) is 16.2 Å². The van der Waals surface area contributed by atoms with Gasteiger partial charge in [0.25, 0.3) is 5.69 Å². The van der Waals surface area contributed by atoms with E-state index in [-0.39, 0.29) is 18.3 Å². The number of nitro groups is 1. The molecule has 0 unspecified atom stereocenters. The zero-order chi connectivity index (χ0) is 18.0. The lowest BCUT2D eigenvalue weighted by Crippen LogP contribution is -2.40. The number of hydrogen-bond acceptors (Lipinski definition) is 7. The van der Waals surface area contributed by atoms with E-state index in [1.807, 2.05) is 4.90 Å². The Morgan fingerprint density at radius 1 is 1.60 bits per heavy atom. The van der Waals surface area contributed by atoms with Crippen molar-refractivity contribution in [3.05, 3.63) is 27.3 Å². The van der Waals surface area contributed by atoms with E-state index in [0.717, 1.165) is 22.5 Å². The van der Waals surface area contributed by atoms with Gasteiger partial charge in [-0.05, 0) is 18.9 Å². The number of hydrogen-bond donors (Lipinski definition) is 2. The second-order valence-electron chi connectivity index (χ2n) is 5.75. The van der Waals surface area contributed by atoms with Gasteiger partial charge in [-0.2, -0.15) is 0 Å². The summed E-state index contributed by atoms with van der Waals surface area (Å²) in [6.45, 7) is 1.19. The maximum absolute atomic E-state index is 11.5. The highest BCUT2D eigenvalue weighted by atomic mass is 32.1. The van der Waals surface area contributed by atoms with E-state index in [1.54, 1.807) is 13.2 Å². The Morgan fingerprint density at radius 2 is 2.40 bits per heavy atom. The molecule has 0 aliphatic carbocycles. The molecule has 1 amide bonds. The van der Waals surface area contributed by atoms with Crippen molar-refractivity contribution in [1.29, 1.82) is 0 Å². The van der Waals surface area contributed by atoms with E-state index in [1.165, 1.54) is 17.4 Å². The molecule has 1 aromatic carbocycles. The van der Waals surface area contributed by atoms with Crippen LogP contribution in [0.25, 0.3) is 10.2 Å². The summed E-state index contributed by atoms with van der Waals surface area (Å²) in [5.74, 6) is 0. The lowest BCUT2D eigenvalue weighted by Gasteiger charge is -2.26. The standard InChI is InChI=1S/C15H18N4O5S/c1-24-8-12-17-13-11(25-12)5-4-10(19(22)23)14(13)18-6-2-3-9(18)7-16-15(20)21/h4-5,9,16H,2-3,6-8H2,1H3,(H,20,21)/t9-/m0/s1. The molecule has 1 atom stereocenters. The number of anilines is 1. The molecule has 1 fully saturated rings. The van der Waals surface area contributed by atoms with Crippen LogP contribution in [0, 0.1) is 10.1 Å². The van der Waals surface area contributed by atoms with Crippen molar-refractivity contribution in [2.75, 3.05) is 25.1 Å². The first-order valence-corrected chi connectivity index (χ1v) is 8.62. The molecule has 1 aliphatic heterocycles. The summed E-state index contributed by atoms with van der Waals surface area (Å²) in [6, 6.07) is 3.06. The molecule has 0 spiro atoms. The van der Waals surface area contributed by atoms with Crippen LogP contribution in [0.15, 0.2) is 12.1 Å². The number of nitrogens with zero attached hydrogens (tertiary/aromatic N) is 3. The van der Waals surface area contributed by atoms with Crippen molar-refractivity contribution in [3.8, 4) is 0 Å². The molecule has 134 valence electrons. The van der Waals surface area contributed by atoms with Gasteiger partial charge in [0, 0.05) is 32.3 Å². The Labute approximate surface area is 147 Å². The summed E-state index contributed by atoms with van der Waals surface area (Å²) >= 11 is 1.44. The third-order valence-corrected chi connectivity index (χ3v) is 5.17. The van der Waals surface area contributed by atoms with Gasteiger partial charge in [0.15, 0.2) is 0 Å². The van der Waals surface area contributed by atoms with Gasteiger partial charge in [-0.1, -0.05) is 0 Å². The molecule has 0 bridgehead atoms. The third-order valence-electron chi connectivity index (χ3n) is 4.17. The number of nitro benzene ring substituents is 1. The SMILES string of the molecule is COCc1nc2c(N3CCC[C@H]3CNC(=O)O)c([N+](=O)[O-])ccc2s1. The third kappa shape index (κ3) is 3.49. The summed E-state index contributed by atoms with van der Waals surface area (Å²) < 4.78 is 5.96. The number of aromatic nitrogens is 1. The molecule has 0 radical (unpaired) electrons. The number of fused-ring (bicyclic) bond motifs is 1. The van der Waals surface area contributed by atoms with Crippen LogP contribution in [0.4, 0.5) is 16.2 Å². The molecule has 10 heteroatoms. The molecule has 2 N–H and O–H groups in total. The first kappa shape index (κ1) is 17.4. The number of rotatable bonds is 6. The average molecular weight is 366 g/mol. The smallest absolute Gasteiger partial charge is 0.404 e. The van der Waals surface area contributed by atoms with E-state index in [2.05, 4.69) is 10.3 Å². The predicted octanol–water partition coefficient (Wildman–Crippen LogP) is 2.59. The van der Waals surface area contributed by atoms with E-state index in [0.29, 0.717) is 24.4 Å². The Bertz CT molecular complexity index is 809. The molecular formula is C15H18N4O5S. The monoisotopic (exact) mass is 366 g/mol. The molecule has 3 rings (SSSR count). The molecule has 2 heterocycles. The largest absolute Gasteiger partial charge is 0.465 e. The average Bonchev–Trinajstić information content (AvgIpc) is 3.17. The molecule has 1 saturated heterocycles. The lowest BCUT2D eigenvalue weighted by atomic mass is 10.1.